The highest BCUT2D eigenvalue weighted by molar-refractivity contribution is 9.10. The molecule has 0 bridgehead atoms. The third-order valence-corrected chi connectivity index (χ3v) is 3.31. The highest BCUT2D eigenvalue weighted by Crippen LogP contribution is 2.17. The summed E-state index contributed by atoms with van der Waals surface area (Å²) in [6.45, 7) is 0.284. The first-order valence-corrected chi connectivity index (χ1v) is 6.26. The Morgan fingerprint density at radius 1 is 1.44 bits per heavy atom. The maximum atomic E-state index is 11.8. The largest absolute Gasteiger partial charge is 0.309 e. The maximum absolute atomic E-state index is 11.8. The third-order valence-electron chi connectivity index (χ3n) is 2.36. The van der Waals surface area contributed by atoms with Crippen molar-refractivity contribution in [3.63, 3.8) is 0 Å². The van der Waals surface area contributed by atoms with Crippen LogP contribution in [-0.2, 0) is 6.54 Å². The fourth-order valence-corrected chi connectivity index (χ4v) is 2.01. The number of anilines is 1. The molecule has 3 N–H and O–H groups in total. The van der Waals surface area contributed by atoms with Crippen LogP contribution in [0.25, 0.3) is 0 Å². The average molecular weight is 330 g/mol. The van der Waals surface area contributed by atoms with E-state index in [1.165, 1.54) is 4.57 Å². The van der Waals surface area contributed by atoms with E-state index >= 15 is 0 Å². The van der Waals surface area contributed by atoms with Gasteiger partial charge in [-0.15, -0.1) is 0 Å². The van der Waals surface area contributed by atoms with Crippen molar-refractivity contribution < 1.29 is 0 Å². The van der Waals surface area contributed by atoms with Gasteiger partial charge < -0.3 is 9.99 Å². The number of nitrogens with zero attached hydrogens (tertiary/aromatic N) is 2. The van der Waals surface area contributed by atoms with Gasteiger partial charge in [0.25, 0.3) is 5.56 Å². The minimum atomic E-state index is -0.138. The van der Waals surface area contributed by atoms with Crippen LogP contribution in [0.5, 0.6) is 0 Å². The molecule has 0 aromatic carbocycles. The van der Waals surface area contributed by atoms with Crippen molar-refractivity contribution >= 4 is 33.3 Å². The number of nitrogens with two attached hydrogens (primary N) is 1. The van der Waals surface area contributed by atoms with Crippen molar-refractivity contribution in [2.45, 2.75) is 6.54 Å². The molecule has 0 fully saturated rings. The molecule has 0 saturated carbocycles. The Morgan fingerprint density at radius 2 is 2.22 bits per heavy atom. The number of halogens is 2. The minimum absolute atomic E-state index is 0.138. The van der Waals surface area contributed by atoms with Crippen molar-refractivity contribution in [3.8, 4) is 0 Å². The molecule has 18 heavy (non-hydrogen) atoms. The summed E-state index contributed by atoms with van der Waals surface area (Å²) in [5.41, 5.74) is 2.88. The van der Waals surface area contributed by atoms with Crippen LogP contribution >= 0.6 is 27.5 Å². The summed E-state index contributed by atoms with van der Waals surface area (Å²) in [5.74, 6) is 5.78. The summed E-state index contributed by atoms with van der Waals surface area (Å²) >= 11 is 9.22. The van der Waals surface area contributed by atoms with Gasteiger partial charge in [-0.2, -0.15) is 0 Å². The standard InChI is InChI=1S/C11H10BrClN4O/c12-7-2-1-5-17(11(7)18)6-9-8(13)3-4-10(15-9)16-14/h1-5H,6,14H2,(H,15,16). The first-order valence-electron chi connectivity index (χ1n) is 5.09. The number of nitrogen functional groups attached to an aromatic ring is 1. The number of nitrogens with one attached hydrogen (secondary N) is 1. The molecule has 2 aromatic heterocycles. The van der Waals surface area contributed by atoms with E-state index in [1.807, 2.05) is 0 Å². The average Bonchev–Trinajstić information content (AvgIpc) is 2.37. The fraction of sp³-hybridized carbons (Fsp3) is 0.0909. The molecule has 0 unspecified atom stereocenters. The van der Waals surface area contributed by atoms with Gasteiger partial charge in [-0.1, -0.05) is 11.6 Å². The molecule has 0 aliphatic carbocycles. The molecule has 0 aliphatic heterocycles. The molecule has 2 rings (SSSR count). The van der Waals surface area contributed by atoms with Crippen LogP contribution in [-0.4, -0.2) is 9.55 Å². The van der Waals surface area contributed by atoms with Crippen LogP contribution in [0.2, 0.25) is 5.02 Å². The Kier molecular flexibility index (Phi) is 4.00. The van der Waals surface area contributed by atoms with E-state index in [9.17, 15) is 4.79 Å². The van der Waals surface area contributed by atoms with E-state index in [4.69, 9.17) is 17.4 Å². The lowest BCUT2D eigenvalue weighted by molar-refractivity contribution is 0.736. The Hall–Kier alpha value is -1.37. The zero-order chi connectivity index (χ0) is 13.1. The number of rotatable bonds is 3. The zero-order valence-electron chi connectivity index (χ0n) is 9.23. The molecule has 0 atom stereocenters. The van der Waals surface area contributed by atoms with E-state index in [-0.39, 0.29) is 12.1 Å². The van der Waals surface area contributed by atoms with Crippen LogP contribution in [0.3, 0.4) is 0 Å². The van der Waals surface area contributed by atoms with Gasteiger partial charge >= 0.3 is 0 Å². The Bertz CT molecular complexity index is 629. The number of hydrazine groups is 1. The van der Waals surface area contributed by atoms with Crippen molar-refractivity contribution in [1.82, 2.24) is 9.55 Å². The second-order valence-corrected chi connectivity index (χ2v) is 4.82. The summed E-state index contributed by atoms with van der Waals surface area (Å²) in [6.07, 6.45) is 1.67. The van der Waals surface area contributed by atoms with Crippen molar-refractivity contribution in [1.29, 1.82) is 0 Å². The summed E-state index contributed by atoms with van der Waals surface area (Å²) in [6, 6.07) is 6.80. The first kappa shape index (κ1) is 13.1. The number of aromatic nitrogens is 2. The van der Waals surface area contributed by atoms with Crippen molar-refractivity contribution in [2.75, 3.05) is 5.43 Å². The molecule has 0 radical (unpaired) electrons. The van der Waals surface area contributed by atoms with E-state index < -0.39 is 0 Å². The second kappa shape index (κ2) is 5.51. The highest BCUT2D eigenvalue weighted by Gasteiger charge is 2.07. The number of pyridine rings is 2. The molecule has 0 spiro atoms. The van der Waals surface area contributed by atoms with Gasteiger partial charge in [0.15, 0.2) is 0 Å². The van der Waals surface area contributed by atoms with Crippen LogP contribution in [0.1, 0.15) is 5.69 Å². The predicted molar refractivity (Wildman–Crippen MR) is 74.6 cm³/mol. The number of hydrogen-bond donors (Lipinski definition) is 2. The van der Waals surface area contributed by atoms with Crippen LogP contribution in [0.4, 0.5) is 5.82 Å². The minimum Gasteiger partial charge on any atom is -0.309 e. The lowest BCUT2D eigenvalue weighted by atomic mass is 10.3. The molecule has 0 amide bonds. The van der Waals surface area contributed by atoms with Gasteiger partial charge in [-0.25, -0.2) is 10.8 Å². The lowest BCUT2D eigenvalue weighted by Gasteiger charge is -2.08. The predicted octanol–water partition coefficient (Wildman–Crippen LogP) is 1.99. The number of hydrogen-bond acceptors (Lipinski definition) is 4. The Morgan fingerprint density at radius 3 is 2.94 bits per heavy atom. The van der Waals surface area contributed by atoms with E-state index in [2.05, 4.69) is 26.3 Å². The molecule has 2 aromatic rings. The highest BCUT2D eigenvalue weighted by atomic mass is 79.9. The van der Waals surface area contributed by atoms with Gasteiger partial charge in [0.2, 0.25) is 0 Å². The molecular formula is C11H10BrClN4O. The van der Waals surface area contributed by atoms with Crippen molar-refractivity contribution in [2.24, 2.45) is 5.84 Å². The molecule has 0 aliphatic rings. The molecular weight excluding hydrogens is 320 g/mol. The van der Waals surface area contributed by atoms with E-state index in [1.54, 1.807) is 30.5 Å². The lowest BCUT2D eigenvalue weighted by Crippen LogP contribution is -2.21. The summed E-state index contributed by atoms with van der Waals surface area (Å²) < 4.78 is 2.01. The smallest absolute Gasteiger partial charge is 0.265 e. The van der Waals surface area contributed by atoms with E-state index in [0.29, 0.717) is 21.0 Å². The second-order valence-electron chi connectivity index (χ2n) is 3.56. The Labute approximate surface area is 117 Å². The monoisotopic (exact) mass is 328 g/mol. The zero-order valence-corrected chi connectivity index (χ0v) is 11.6. The van der Waals surface area contributed by atoms with Crippen LogP contribution in [0, 0.1) is 0 Å². The third kappa shape index (κ3) is 2.72. The fourth-order valence-electron chi connectivity index (χ4n) is 1.47. The van der Waals surface area contributed by atoms with E-state index in [0.717, 1.165) is 0 Å². The quantitative estimate of drug-likeness (QED) is 0.667. The SMILES string of the molecule is NNc1ccc(Cl)c(Cn2cccc(Br)c2=O)n1. The van der Waals surface area contributed by atoms with Crippen molar-refractivity contribution in [3.05, 3.63) is 56.0 Å². The van der Waals surface area contributed by atoms with Gasteiger partial charge in [0.1, 0.15) is 5.82 Å². The topological polar surface area (TPSA) is 72.9 Å². The van der Waals surface area contributed by atoms with Gasteiger partial charge in [0, 0.05) is 6.20 Å². The maximum Gasteiger partial charge on any atom is 0.265 e. The Balaban J connectivity index is 2.39. The summed E-state index contributed by atoms with van der Waals surface area (Å²) in [4.78, 5) is 16.1. The molecule has 7 heteroatoms. The molecule has 5 nitrogen and oxygen atoms in total. The van der Waals surface area contributed by atoms with Gasteiger partial charge in [-0.05, 0) is 40.2 Å². The van der Waals surface area contributed by atoms with Crippen LogP contribution < -0.4 is 16.8 Å². The first-order chi connectivity index (χ1) is 8.61. The van der Waals surface area contributed by atoms with Gasteiger partial charge in [-0.3, -0.25) is 4.79 Å². The van der Waals surface area contributed by atoms with Crippen LogP contribution in [0.15, 0.2) is 39.7 Å². The normalized spacial score (nSPS) is 10.4. The molecule has 94 valence electrons. The summed E-state index contributed by atoms with van der Waals surface area (Å²) in [5, 5.41) is 0.487. The summed E-state index contributed by atoms with van der Waals surface area (Å²) in [7, 11) is 0. The molecule has 2 heterocycles. The molecule has 0 saturated heterocycles. The van der Waals surface area contributed by atoms with Gasteiger partial charge in [0.05, 0.1) is 21.7 Å².